The fraction of sp³-hybridized carbons (Fsp3) is 0.111. The van der Waals surface area contributed by atoms with Gasteiger partial charge in [-0.2, -0.15) is 9.67 Å². The normalized spacial score (nSPS) is 10.4. The number of nitrogens with one attached hydrogen (secondary N) is 1. The highest BCUT2D eigenvalue weighted by atomic mass is 16.5. The number of nitrogens with zero attached hydrogens (tertiary/aromatic N) is 3. The van der Waals surface area contributed by atoms with Crippen molar-refractivity contribution in [2.75, 3.05) is 17.7 Å². The summed E-state index contributed by atoms with van der Waals surface area (Å²) in [6, 6.07) is 13.7. The van der Waals surface area contributed by atoms with Gasteiger partial charge >= 0.3 is 5.97 Å². The molecule has 0 fully saturated rings. The van der Waals surface area contributed by atoms with Gasteiger partial charge in [-0.25, -0.2) is 4.79 Å². The van der Waals surface area contributed by atoms with E-state index < -0.39 is 18.5 Å². The van der Waals surface area contributed by atoms with Crippen molar-refractivity contribution in [3.63, 3.8) is 0 Å². The number of hydrogen-bond acceptors (Lipinski definition) is 7. The van der Waals surface area contributed by atoms with Gasteiger partial charge < -0.3 is 20.9 Å². The van der Waals surface area contributed by atoms with Crippen LogP contribution in [0.2, 0.25) is 0 Å². The van der Waals surface area contributed by atoms with E-state index in [9.17, 15) is 9.59 Å². The second-order valence-corrected chi connectivity index (χ2v) is 5.72. The first-order valence-electron chi connectivity index (χ1n) is 7.98. The molecule has 9 nitrogen and oxygen atoms in total. The molecular weight excluding hydrogens is 350 g/mol. The molecule has 138 valence electrons. The maximum atomic E-state index is 12.6. The third-order valence-corrected chi connectivity index (χ3v) is 3.54. The van der Waals surface area contributed by atoms with Crippen LogP contribution in [0.15, 0.2) is 48.5 Å². The van der Waals surface area contributed by atoms with Crippen LogP contribution in [0.25, 0.3) is 0 Å². The number of nitrogen functional groups attached to an aromatic ring is 1. The van der Waals surface area contributed by atoms with Crippen LogP contribution in [0.1, 0.15) is 15.9 Å². The Morgan fingerprint density at radius 2 is 2.00 bits per heavy atom. The average Bonchev–Trinajstić information content (AvgIpc) is 2.99. The van der Waals surface area contributed by atoms with Crippen LogP contribution in [0, 0.1) is 6.92 Å². The maximum Gasteiger partial charge on any atom is 0.341 e. The molecule has 0 aliphatic rings. The second kappa shape index (κ2) is 7.56. The number of aromatic nitrogens is 3. The summed E-state index contributed by atoms with van der Waals surface area (Å²) in [5.74, 6) is -1.02. The van der Waals surface area contributed by atoms with E-state index in [1.54, 1.807) is 42.5 Å². The first kappa shape index (κ1) is 17.9. The average molecular weight is 367 g/mol. The first-order valence-corrected chi connectivity index (χ1v) is 7.98. The number of ether oxygens (including phenoxy) is 1. The largest absolute Gasteiger partial charge is 0.482 e. The van der Waals surface area contributed by atoms with Gasteiger partial charge in [0, 0.05) is 17.3 Å². The monoisotopic (exact) mass is 367 g/mol. The van der Waals surface area contributed by atoms with Crippen LogP contribution in [-0.4, -0.2) is 38.4 Å². The van der Waals surface area contributed by atoms with E-state index >= 15 is 0 Å². The minimum atomic E-state index is -1.07. The topological polar surface area (TPSA) is 132 Å². The zero-order valence-electron chi connectivity index (χ0n) is 14.4. The molecule has 0 aliphatic carbocycles. The minimum Gasteiger partial charge on any atom is -0.482 e. The molecule has 0 radical (unpaired) electrons. The molecule has 1 heterocycles. The molecule has 0 amide bonds. The quantitative estimate of drug-likeness (QED) is 0.603. The highest BCUT2D eigenvalue weighted by Crippen LogP contribution is 2.21. The molecule has 0 bridgehead atoms. The predicted molar refractivity (Wildman–Crippen MR) is 98.2 cm³/mol. The molecule has 27 heavy (non-hydrogen) atoms. The fourth-order valence-electron chi connectivity index (χ4n) is 2.36. The summed E-state index contributed by atoms with van der Waals surface area (Å²) in [5, 5.41) is 15.7. The van der Waals surface area contributed by atoms with Crippen molar-refractivity contribution in [3.05, 3.63) is 59.7 Å². The number of aliphatic carboxylic acids is 1. The van der Waals surface area contributed by atoms with Gasteiger partial charge in [-0.1, -0.05) is 23.8 Å². The van der Waals surface area contributed by atoms with E-state index in [0.717, 1.165) is 10.2 Å². The lowest BCUT2D eigenvalue weighted by Gasteiger charge is -2.06. The lowest BCUT2D eigenvalue weighted by Crippen LogP contribution is -2.16. The van der Waals surface area contributed by atoms with Crippen LogP contribution in [0.4, 0.5) is 17.6 Å². The lowest BCUT2D eigenvalue weighted by atomic mass is 10.1. The third-order valence-electron chi connectivity index (χ3n) is 3.54. The van der Waals surface area contributed by atoms with Gasteiger partial charge in [0.2, 0.25) is 11.9 Å². The fourth-order valence-corrected chi connectivity index (χ4v) is 2.36. The van der Waals surface area contributed by atoms with Crippen LogP contribution >= 0.6 is 0 Å². The first-order chi connectivity index (χ1) is 12.9. The van der Waals surface area contributed by atoms with Crippen LogP contribution in [0.5, 0.6) is 5.75 Å². The number of benzene rings is 2. The molecule has 0 saturated heterocycles. The van der Waals surface area contributed by atoms with Crippen LogP contribution in [0.3, 0.4) is 0 Å². The predicted octanol–water partition coefficient (Wildman–Crippen LogP) is 2.06. The number of carboxylic acids is 1. The van der Waals surface area contributed by atoms with E-state index in [4.69, 9.17) is 15.6 Å². The van der Waals surface area contributed by atoms with Gasteiger partial charge in [-0.05, 0) is 31.2 Å². The summed E-state index contributed by atoms with van der Waals surface area (Å²) >= 11 is 0. The number of hydrogen-bond donors (Lipinski definition) is 3. The summed E-state index contributed by atoms with van der Waals surface area (Å²) in [5.41, 5.74) is 7.76. The van der Waals surface area contributed by atoms with Crippen molar-refractivity contribution < 1.29 is 19.4 Å². The van der Waals surface area contributed by atoms with Gasteiger partial charge in [0.15, 0.2) is 6.61 Å². The molecule has 4 N–H and O–H groups in total. The Bertz CT molecular complexity index is 999. The molecule has 0 spiro atoms. The second-order valence-electron chi connectivity index (χ2n) is 5.72. The van der Waals surface area contributed by atoms with E-state index in [1.165, 1.54) is 0 Å². The van der Waals surface area contributed by atoms with Crippen LogP contribution in [-0.2, 0) is 4.79 Å². The van der Waals surface area contributed by atoms with Gasteiger partial charge in [0.1, 0.15) is 5.75 Å². The molecule has 1 aromatic heterocycles. The molecular formula is C18H17N5O4. The number of nitrogens with two attached hydrogens (primary N) is 1. The van der Waals surface area contributed by atoms with Crippen molar-refractivity contribution in [1.29, 1.82) is 0 Å². The standard InChI is InChI=1S/C18H17N5O4/c1-11-4-2-5-12(8-11)16(26)23-17(19)21-18(22-23)20-13-6-3-7-14(9-13)27-10-15(24)25/h2-9H,10H2,1H3,(H,24,25)(H3,19,20,21,22). The number of carbonyl (C=O) groups is 2. The van der Waals surface area contributed by atoms with Gasteiger partial charge in [-0.3, -0.25) is 4.79 Å². The van der Waals surface area contributed by atoms with E-state index in [0.29, 0.717) is 17.0 Å². The molecule has 9 heteroatoms. The number of anilines is 3. The van der Waals surface area contributed by atoms with Crippen molar-refractivity contribution in [1.82, 2.24) is 14.8 Å². The summed E-state index contributed by atoms with van der Waals surface area (Å²) < 4.78 is 6.13. The van der Waals surface area contributed by atoms with E-state index in [1.807, 2.05) is 13.0 Å². The van der Waals surface area contributed by atoms with Crippen molar-refractivity contribution >= 4 is 29.5 Å². The molecule has 0 saturated carbocycles. The Morgan fingerprint density at radius 3 is 2.74 bits per heavy atom. The van der Waals surface area contributed by atoms with E-state index in [-0.39, 0.29) is 11.9 Å². The summed E-state index contributed by atoms with van der Waals surface area (Å²) in [6.45, 7) is 1.43. The Labute approximate surface area is 154 Å². The van der Waals surface area contributed by atoms with Gasteiger partial charge in [0.25, 0.3) is 5.91 Å². The summed E-state index contributed by atoms with van der Waals surface area (Å²) in [4.78, 5) is 27.2. The Morgan fingerprint density at radius 1 is 1.22 bits per heavy atom. The Balaban J connectivity index is 1.78. The smallest absolute Gasteiger partial charge is 0.341 e. The molecule has 0 unspecified atom stereocenters. The SMILES string of the molecule is Cc1cccc(C(=O)n2nc(Nc3cccc(OCC(=O)O)c3)nc2N)c1. The summed E-state index contributed by atoms with van der Waals surface area (Å²) in [7, 11) is 0. The number of carbonyl (C=O) groups excluding carboxylic acids is 1. The maximum absolute atomic E-state index is 12.6. The Kier molecular flexibility index (Phi) is 5.02. The zero-order chi connectivity index (χ0) is 19.4. The minimum absolute atomic E-state index is 0.0534. The van der Waals surface area contributed by atoms with Gasteiger partial charge in [-0.15, -0.1) is 5.10 Å². The number of aryl methyl sites for hydroxylation is 1. The molecule has 2 aromatic carbocycles. The molecule has 3 rings (SSSR count). The van der Waals surface area contributed by atoms with Crippen molar-refractivity contribution in [2.24, 2.45) is 0 Å². The Hall–Kier alpha value is -3.88. The highest BCUT2D eigenvalue weighted by Gasteiger charge is 2.16. The van der Waals surface area contributed by atoms with Crippen molar-refractivity contribution in [3.8, 4) is 5.75 Å². The van der Waals surface area contributed by atoms with Crippen molar-refractivity contribution in [2.45, 2.75) is 6.92 Å². The molecule has 0 aliphatic heterocycles. The highest BCUT2D eigenvalue weighted by molar-refractivity contribution is 5.97. The van der Waals surface area contributed by atoms with Gasteiger partial charge in [0.05, 0.1) is 0 Å². The molecule has 3 aromatic rings. The van der Waals surface area contributed by atoms with E-state index in [2.05, 4.69) is 15.4 Å². The lowest BCUT2D eigenvalue weighted by molar-refractivity contribution is -0.139. The number of carboxylic acid groups (broad SMARTS) is 1. The third kappa shape index (κ3) is 4.40. The summed E-state index contributed by atoms with van der Waals surface area (Å²) in [6.07, 6.45) is 0. The number of rotatable bonds is 6. The van der Waals surface area contributed by atoms with Crippen LogP contribution < -0.4 is 15.8 Å². The molecule has 0 atom stereocenters. The zero-order valence-corrected chi connectivity index (χ0v) is 14.4.